The Morgan fingerprint density at radius 1 is 1.38 bits per heavy atom. The van der Waals surface area contributed by atoms with Crippen molar-refractivity contribution in [1.82, 2.24) is 0 Å². The maximum Gasteiger partial charge on any atom is 0.0346 e. The Morgan fingerprint density at radius 2 is 2.12 bits per heavy atom. The summed E-state index contributed by atoms with van der Waals surface area (Å²) >= 11 is 0. The van der Waals surface area contributed by atoms with Gasteiger partial charge in [0.2, 0.25) is 0 Å². The predicted molar refractivity (Wildman–Crippen MR) is 69.0 cm³/mol. The summed E-state index contributed by atoms with van der Waals surface area (Å²) in [5.74, 6) is 0. The quantitative estimate of drug-likeness (QED) is 0.816. The molecule has 0 unspecified atom stereocenters. The van der Waals surface area contributed by atoms with Gasteiger partial charge in [0.15, 0.2) is 0 Å². The van der Waals surface area contributed by atoms with Gasteiger partial charge in [-0.2, -0.15) is 0 Å². The molecule has 1 aliphatic carbocycles. The van der Waals surface area contributed by atoms with E-state index in [0.29, 0.717) is 0 Å². The fraction of sp³-hybridized carbons (Fsp3) is 0.200. The summed E-state index contributed by atoms with van der Waals surface area (Å²) < 4.78 is 0. The normalized spacial score (nSPS) is 17.6. The van der Waals surface area contributed by atoms with Gasteiger partial charge in [0.1, 0.15) is 0 Å². The van der Waals surface area contributed by atoms with E-state index in [2.05, 4.69) is 49.4 Å². The van der Waals surface area contributed by atoms with Crippen molar-refractivity contribution in [2.24, 2.45) is 5.73 Å². The van der Waals surface area contributed by atoms with Gasteiger partial charge >= 0.3 is 0 Å². The van der Waals surface area contributed by atoms with Crippen LogP contribution in [0.4, 0.5) is 0 Å². The van der Waals surface area contributed by atoms with Crippen molar-refractivity contribution in [3.05, 3.63) is 71.0 Å². The van der Waals surface area contributed by atoms with Crippen LogP contribution in [0.3, 0.4) is 0 Å². The third-order valence-electron chi connectivity index (χ3n) is 2.92. The molecule has 0 amide bonds. The number of allylic oxidation sites excluding steroid dienone is 5. The second-order valence-corrected chi connectivity index (χ2v) is 4.12. The van der Waals surface area contributed by atoms with Crippen LogP contribution >= 0.6 is 0 Å². The monoisotopic (exact) mass is 211 g/mol. The van der Waals surface area contributed by atoms with E-state index < -0.39 is 0 Å². The lowest BCUT2D eigenvalue weighted by Gasteiger charge is -2.09. The molecule has 0 bridgehead atoms. The van der Waals surface area contributed by atoms with Crippen molar-refractivity contribution in [3.63, 3.8) is 0 Å². The molecule has 0 fully saturated rings. The van der Waals surface area contributed by atoms with Gasteiger partial charge in [-0.25, -0.2) is 0 Å². The van der Waals surface area contributed by atoms with Crippen molar-refractivity contribution < 1.29 is 0 Å². The molecule has 0 aliphatic heterocycles. The summed E-state index contributed by atoms with van der Waals surface area (Å²) in [6, 6.07) is 8.44. The number of nitrogens with two attached hydrogens (primary N) is 1. The molecule has 1 aliphatic rings. The first-order valence-electron chi connectivity index (χ1n) is 5.63. The highest BCUT2D eigenvalue weighted by molar-refractivity contribution is 5.39. The average molecular weight is 211 g/mol. The van der Waals surface area contributed by atoms with Crippen molar-refractivity contribution in [3.8, 4) is 0 Å². The van der Waals surface area contributed by atoms with Crippen LogP contribution in [0.2, 0.25) is 0 Å². The van der Waals surface area contributed by atoms with Crippen LogP contribution in [0.1, 0.15) is 17.5 Å². The first-order valence-corrected chi connectivity index (χ1v) is 5.63. The molecule has 0 heterocycles. The number of hydrogen-bond acceptors (Lipinski definition) is 1. The van der Waals surface area contributed by atoms with Gasteiger partial charge in [-0.05, 0) is 42.5 Å². The van der Waals surface area contributed by atoms with Crippen LogP contribution in [0.25, 0.3) is 0 Å². The van der Waals surface area contributed by atoms with E-state index in [1.54, 1.807) is 0 Å². The Morgan fingerprint density at radius 3 is 2.75 bits per heavy atom. The maximum absolute atomic E-state index is 5.92. The van der Waals surface area contributed by atoms with E-state index in [1.807, 2.05) is 6.08 Å². The molecule has 82 valence electrons. The van der Waals surface area contributed by atoms with Crippen molar-refractivity contribution in [2.75, 3.05) is 0 Å². The number of benzene rings is 1. The molecule has 16 heavy (non-hydrogen) atoms. The van der Waals surface area contributed by atoms with Crippen molar-refractivity contribution in [2.45, 2.75) is 19.8 Å². The van der Waals surface area contributed by atoms with Crippen LogP contribution in [0, 0.1) is 6.92 Å². The fourth-order valence-corrected chi connectivity index (χ4v) is 1.71. The zero-order valence-corrected chi connectivity index (χ0v) is 9.61. The Labute approximate surface area is 97.0 Å². The van der Waals surface area contributed by atoms with E-state index >= 15 is 0 Å². The van der Waals surface area contributed by atoms with Gasteiger partial charge in [0.05, 0.1) is 0 Å². The van der Waals surface area contributed by atoms with E-state index in [9.17, 15) is 0 Å². The zero-order chi connectivity index (χ0) is 11.4. The summed E-state index contributed by atoms with van der Waals surface area (Å²) in [5, 5.41) is 0. The standard InChI is InChI=1S/C15H17N/c1-12-6-2-3-7-13(12)8-5-11-15(16)14-9-4-10-14/h2-7,9,11H,8,10,16H2,1H3/b11-5-,15-14-. The van der Waals surface area contributed by atoms with E-state index in [-0.39, 0.29) is 0 Å². The SMILES string of the molecule is Cc1ccccc1C/C=C\C(N)=C1/C=CC1. The maximum atomic E-state index is 5.92. The van der Waals surface area contributed by atoms with Gasteiger partial charge < -0.3 is 5.73 Å². The van der Waals surface area contributed by atoms with Gasteiger partial charge in [0.25, 0.3) is 0 Å². The molecule has 0 radical (unpaired) electrons. The lowest BCUT2D eigenvalue weighted by Crippen LogP contribution is -2.01. The zero-order valence-electron chi connectivity index (χ0n) is 9.61. The largest absolute Gasteiger partial charge is 0.399 e. The summed E-state index contributed by atoms with van der Waals surface area (Å²) in [7, 11) is 0. The molecular formula is C15H17N. The molecular weight excluding hydrogens is 194 g/mol. The van der Waals surface area contributed by atoms with Gasteiger partial charge in [0, 0.05) is 5.70 Å². The Bertz CT molecular complexity index is 464. The third-order valence-corrected chi connectivity index (χ3v) is 2.92. The molecule has 0 aromatic heterocycles. The molecule has 2 N–H and O–H groups in total. The minimum atomic E-state index is 0.899. The second-order valence-electron chi connectivity index (χ2n) is 4.12. The van der Waals surface area contributed by atoms with Crippen LogP contribution in [-0.2, 0) is 6.42 Å². The Balaban J connectivity index is 2.00. The lowest BCUT2D eigenvalue weighted by atomic mass is 10.00. The molecule has 1 aromatic carbocycles. The Hall–Kier alpha value is -1.76. The minimum Gasteiger partial charge on any atom is -0.399 e. The predicted octanol–water partition coefficient (Wildman–Crippen LogP) is 3.27. The lowest BCUT2D eigenvalue weighted by molar-refractivity contribution is 1.13. The highest BCUT2D eigenvalue weighted by Gasteiger charge is 2.02. The number of rotatable bonds is 3. The van der Waals surface area contributed by atoms with Gasteiger partial charge in [-0.15, -0.1) is 0 Å². The van der Waals surface area contributed by atoms with Crippen LogP contribution < -0.4 is 5.73 Å². The highest BCUT2D eigenvalue weighted by Crippen LogP contribution is 2.18. The molecule has 0 atom stereocenters. The topological polar surface area (TPSA) is 26.0 Å². The first-order chi connectivity index (χ1) is 7.77. The van der Waals surface area contributed by atoms with E-state index in [4.69, 9.17) is 5.73 Å². The molecule has 0 saturated heterocycles. The molecule has 0 saturated carbocycles. The third kappa shape index (κ3) is 2.43. The number of hydrogen-bond donors (Lipinski definition) is 1. The average Bonchev–Trinajstić information content (AvgIpc) is 2.18. The summed E-state index contributed by atoms with van der Waals surface area (Å²) in [6.07, 6.45) is 10.3. The van der Waals surface area contributed by atoms with Crippen molar-refractivity contribution >= 4 is 0 Å². The minimum absolute atomic E-state index is 0.899. The van der Waals surface area contributed by atoms with Crippen LogP contribution in [0.5, 0.6) is 0 Å². The van der Waals surface area contributed by atoms with Crippen LogP contribution in [-0.4, -0.2) is 0 Å². The highest BCUT2D eigenvalue weighted by atomic mass is 14.6. The van der Waals surface area contributed by atoms with Gasteiger partial charge in [-0.3, -0.25) is 0 Å². The fourth-order valence-electron chi connectivity index (χ4n) is 1.71. The molecule has 2 rings (SSSR count). The molecule has 1 aromatic rings. The molecule has 1 nitrogen and oxygen atoms in total. The molecule has 1 heteroatoms. The second kappa shape index (κ2) is 4.84. The van der Waals surface area contributed by atoms with Gasteiger partial charge in [-0.1, -0.05) is 42.5 Å². The summed E-state index contributed by atoms with van der Waals surface area (Å²) in [6.45, 7) is 2.14. The smallest absolute Gasteiger partial charge is 0.0346 e. The van der Waals surface area contributed by atoms with Crippen LogP contribution in [0.15, 0.2) is 59.8 Å². The first kappa shape index (κ1) is 10.7. The van der Waals surface area contributed by atoms with E-state index in [1.165, 1.54) is 16.7 Å². The van der Waals surface area contributed by atoms with Crippen molar-refractivity contribution in [1.29, 1.82) is 0 Å². The summed E-state index contributed by atoms with van der Waals surface area (Å²) in [4.78, 5) is 0. The molecule has 0 spiro atoms. The summed E-state index contributed by atoms with van der Waals surface area (Å²) in [5.41, 5.74) is 10.8. The number of aryl methyl sites for hydroxylation is 1. The Kier molecular flexibility index (Phi) is 3.25. The van der Waals surface area contributed by atoms with E-state index in [0.717, 1.165) is 18.5 Å².